The van der Waals surface area contributed by atoms with Gasteiger partial charge in [0.25, 0.3) is 0 Å². The SMILES string of the molecule is [2H]C1([2H])N(c2ccc(C(C)(C)C)cc2)C([2H])([2H])C([2H])([2H])N1c1ccc(C(F)(F)F)cc1. The van der Waals surface area contributed by atoms with Crippen LogP contribution in [0.15, 0.2) is 48.5 Å². The van der Waals surface area contributed by atoms with Crippen molar-refractivity contribution in [2.24, 2.45) is 0 Å². The first-order valence-corrected chi connectivity index (χ1v) is 7.80. The van der Waals surface area contributed by atoms with Crippen molar-refractivity contribution in [3.05, 3.63) is 59.7 Å². The highest BCUT2D eigenvalue weighted by Gasteiger charge is 2.30. The summed E-state index contributed by atoms with van der Waals surface area (Å²) in [5, 5.41) is 0. The van der Waals surface area contributed by atoms with E-state index in [0.29, 0.717) is 9.80 Å². The van der Waals surface area contributed by atoms with E-state index < -0.39 is 31.4 Å². The minimum Gasteiger partial charge on any atom is -0.352 e. The molecule has 2 nitrogen and oxygen atoms in total. The molecule has 134 valence electrons. The van der Waals surface area contributed by atoms with Crippen molar-refractivity contribution in [1.82, 2.24) is 0 Å². The number of anilines is 2. The summed E-state index contributed by atoms with van der Waals surface area (Å²) in [6.45, 7) is -2.47. The fraction of sp³-hybridized carbons (Fsp3) is 0.400. The van der Waals surface area contributed by atoms with Crippen LogP contribution in [0, 0.1) is 0 Å². The van der Waals surface area contributed by atoms with Crippen LogP contribution in [0.2, 0.25) is 0 Å². The first-order chi connectivity index (χ1) is 13.9. The number of benzene rings is 2. The highest BCUT2D eigenvalue weighted by Crippen LogP contribution is 2.32. The Bertz CT molecular complexity index is 873. The Morgan fingerprint density at radius 3 is 1.52 bits per heavy atom. The van der Waals surface area contributed by atoms with Gasteiger partial charge in [0.1, 0.15) is 0 Å². The second-order valence-corrected chi connectivity index (χ2v) is 6.84. The van der Waals surface area contributed by atoms with Gasteiger partial charge in [-0.15, -0.1) is 0 Å². The third-order valence-corrected chi connectivity index (χ3v) is 3.92. The number of alkyl halides is 3. The lowest BCUT2D eigenvalue weighted by atomic mass is 9.87. The molecule has 1 aliphatic heterocycles. The van der Waals surface area contributed by atoms with E-state index >= 15 is 0 Å². The molecule has 0 aromatic heterocycles. The number of hydrogen-bond acceptors (Lipinski definition) is 2. The Hall–Kier alpha value is -2.17. The fourth-order valence-electron chi connectivity index (χ4n) is 2.40. The number of halogens is 3. The van der Waals surface area contributed by atoms with Crippen LogP contribution in [-0.4, -0.2) is 19.6 Å². The zero-order chi connectivity index (χ0) is 23.6. The van der Waals surface area contributed by atoms with Gasteiger partial charge in [-0.25, -0.2) is 0 Å². The maximum atomic E-state index is 12.9. The summed E-state index contributed by atoms with van der Waals surface area (Å²) in [6.07, 6.45) is -4.60. The molecule has 0 N–H and O–H groups in total. The average molecular weight is 354 g/mol. The van der Waals surface area contributed by atoms with Crippen LogP contribution in [0.3, 0.4) is 0 Å². The molecule has 1 fully saturated rings. The topological polar surface area (TPSA) is 6.48 Å². The number of rotatable bonds is 2. The van der Waals surface area contributed by atoms with Crippen LogP contribution in [0.25, 0.3) is 0 Å². The van der Waals surface area contributed by atoms with E-state index in [1.807, 2.05) is 20.8 Å². The molecule has 2 aromatic carbocycles. The van der Waals surface area contributed by atoms with Crippen molar-refractivity contribution < 1.29 is 21.4 Å². The molecule has 1 aliphatic rings. The highest BCUT2D eigenvalue weighted by atomic mass is 19.4. The molecule has 0 spiro atoms. The highest BCUT2D eigenvalue weighted by molar-refractivity contribution is 5.56. The predicted molar refractivity (Wildman–Crippen MR) is 96.1 cm³/mol. The smallest absolute Gasteiger partial charge is 0.352 e. The van der Waals surface area contributed by atoms with E-state index in [9.17, 15) is 13.2 Å². The Morgan fingerprint density at radius 1 is 0.760 bits per heavy atom. The predicted octanol–water partition coefficient (Wildman–Crippen LogP) is 5.29. The van der Waals surface area contributed by atoms with Crippen molar-refractivity contribution in [2.75, 3.05) is 29.4 Å². The molecular formula is C20H23F3N2. The Balaban J connectivity index is 2.10. The molecule has 0 radical (unpaired) electrons. The average Bonchev–Trinajstić information content (AvgIpc) is 2.71. The van der Waals surface area contributed by atoms with Crippen LogP contribution in [-0.2, 0) is 11.6 Å². The molecule has 0 saturated carbocycles. The molecule has 0 atom stereocenters. The molecule has 1 heterocycles. The minimum absolute atomic E-state index is 0.112. The lowest BCUT2D eigenvalue weighted by Gasteiger charge is -2.23. The number of hydrogen-bond donors (Lipinski definition) is 0. The molecule has 2 aromatic rings. The van der Waals surface area contributed by atoms with Gasteiger partial charge < -0.3 is 9.80 Å². The van der Waals surface area contributed by atoms with Gasteiger partial charge in [-0.05, 0) is 47.4 Å². The van der Waals surface area contributed by atoms with Gasteiger partial charge in [-0.3, -0.25) is 0 Å². The van der Waals surface area contributed by atoms with Gasteiger partial charge in [0.05, 0.1) is 20.4 Å². The standard InChI is InChI=1S/C20H23F3N2/c1-19(2,3)15-4-8-17(9-5-15)24-12-13-25(14-24)18-10-6-16(7-11-18)20(21,22)23/h4-11H,12-14H2,1-3H3/i12D2,13D2,14D2. The molecule has 0 unspecified atom stereocenters. The van der Waals surface area contributed by atoms with Crippen LogP contribution in [0.4, 0.5) is 24.5 Å². The molecule has 5 heteroatoms. The fourth-order valence-corrected chi connectivity index (χ4v) is 2.40. The zero-order valence-corrected chi connectivity index (χ0v) is 14.1. The van der Waals surface area contributed by atoms with Crippen LogP contribution >= 0.6 is 0 Å². The van der Waals surface area contributed by atoms with Gasteiger partial charge in [0.2, 0.25) is 0 Å². The maximum Gasteiger partial charge on any atom is 0.416 e. The quantitative estimate of drug-likeness (QED) is 0.723. The summed E-state index contributed by atoms with van der Waals surface area (Å²) in [5.41, 5.74) is -0.321. The van der Waals surface area contributed by atoms with E-state index in [2.05, 4.69) is 0 Å². The van der Waals surface area contributed by atoms with Gasteiger partial charge in [0, 0.05) is 24.4 Å². The van der Waals surface area contributed by atoms with E-state index in [4.69, 9.17) is 8.22 Å². The van der Waals surface area contributed by atoms with Gasteiger partial charge >= 0.3 is 6.18 Å². The molecule has 1 saturated heterocycles. The van der Waals surface area contributed by atoms with Crippen molar-refractivity contribution in [3.63, 3.8) is 0 Å². The molecule has 0 aliphatic carbocycles. The van der Waals surface area contributed by atoms with Crippen LogP contribution in [0.5, 0.6) is 0 Å². The molecule has 25 heavy (non-hydrogen) atoms. The summed E-state index contributed by atoms with van der Waals surface area (Å²) >= 11 is 0. The van der Waals surface area contributed by atoms with Crippen molar-refractivity contribution in [2.45, 2.75) is 32.4 Å². The second kappa shape index (κ2) is 6.28. The monoisotopic (exact) mass is 354 g/mol. The Morgan fingerprint density at radius 2 is 1.16 bits per heavy atom. The van der Waals surface area contributed by atoms with E-state index in [1.165, 1.54) is 12.1 Å². The Labute approximate surface area is 155 Å². The van der Waals surface area contributed by atoms with Gasteiger partial charge in [0.15, 0.2) is 0 Å². The molecular weight excluding hydrogens is 325 g/mol. The zero-order valence-electron chi connectivity index (χ0n) is 20.1. The van der Waals surface area contributed by atoms with Crippen molar-refractivity contribution >= 4 is 11.4 Å². The largest absolute Gasteiger partial charge is 0.416 e. The first-order valence-electron chi connectivity index (χ1n) is 10.8. The lowest BCUT2D eigenvalue weighted by Crippen LogP contribution is -2.25. The van der Waals surface area contributed by atoms with Crippen LogP contribution < -0.4 is 9.80 Å². The van der Waals surface area contributed by atoms with Crippen molar-refractivity contribution in [3.8, 4) is 0 Å². The summed E-state index contributed by atoms with van der Waals surface area (Å²) in [5.74, 6) is 0. The third-order valence-electron chi connectivity index (χ3n) is 3.92. The second-order valence-electron chi connectivity index (χ2n) is 6.84. The van der Waals surface area contributed by atoms with E-state index in [0.717, 1.165) is 29.8 Å². The van der Waals surface area contributed by atoms with Gasteiger partial charge in [-0.1, -0.05) is 32.9 Å². The van der Waals surface area contributed by atoms with Crippen LogP contribution in [0.1, 0.15) is 40.1 Å². The summed E-state index contributed by atoms with van der Waals surface area (Å²) in [6, 6.07) is 9.80. The minimum atomic E-state index is -4.60. The van der Waals surface area contributed by atoms with E-state index in [-0.39, 0.29) is 16.8 Å². The summed E-state index contributed by atoms with van der Waals surface area (Å²) < 4.78 is 89.3. The molecule has 3 rings (SSSR count). The van der Waals surface area contributed by atoms with Gasteiger partial charge in [-0.2, -0.15) is 13.2 Å². The molecule has 0 amide bonds. The first kappa shape index (κ1) is 11.4. The normalized spacial score (nSPS) is 25.4. The Kier molecular flexibility index (Phi) is 2.88. The lowest BCUT2D eigenvalue weighted by molar-refractivity contribution is -0.137. The number of nitrogens with zero attached hydrogens (tertiary/aromatic N) is 2. The van der Waals surface area contributed by atoms with E-state index in [1.54, 1.807) is 12.1 Å². The third kappa shape index (κ3) is 3.91. The maximum absolute atomic E-state index is 12.9. The summed E-state index contributed by atoms with van der Waals surface area (Å²) in [7, 11) is 0. The van der Waals surface area contributed by atoms with Crippen molar-refractivity contribution in [1.29, 1.82) is 0 Å². The molecule has 0 bridgehead atoms. The summed E-state index contributed by atoms with van der Waals surface area (Å²) in [4.78, 5) is 1.22.